The van der Waals surface area contributed by atoms with Crippen LogP contribution in [0.1, 0.15) is 24.5 Å². The first-order valence-corrected chi connectivity index (χ1v) is 7.95. The summed E-state index contributed by atoms with van der Waals surface area (Å²) in [7, 11) is 0. The maximum absolute atomic E-state index is 6.12. The van der Waals surface area contributed by atoms with Crippen LogP contribution in [-0.4, -0.2) is 39.3 Å². The molecule has 0 radical (unpaired) electrons. The van der Waals surface area contributed by atoms with Crippen LogP contribution in [0.3, 0.4) is 0 Å². The van der Waals surface area contributed by atoms with Gasteiger partial charge in [-0.2, -0.15) is 4.98 Å². The summed E-state index contributed by atoms with van der Waals surface area (Å²) in [6.45, 7) is 4.06. The first-order valence-electron chi connectivity index (χ1n) is 7.58. The van der Waals surface area contributed by atoms with Crippen molar-refractivity contribution >= 4 is 17.2 Å². The molecule has 3 aromatic rings. The molecule has 0 amide bonds. The first kappa shape index (κ1) is 14.6. The summed E-state index contributed by atoms with van der Waals surface area (Å²) in [6, 6.07) is 3.64. The summed E-state index contributed by atoms with van der Waals surface area (Å²) in [5.41, 5.74) is 2.50. The minimum absolute atomic E-state index is 0.0471. The number of hydrogen-bond acceptors (Lipinski definition) is 6. The molecule has 1 N–H and O–H groups in total. The number of morpholine rings is 1. The minimum atomic E-state index is -0.0471. The maximum atomic E-state index is 6.12. The number of imidazole rings is 1. The molecule has 0 spiro atoms. The lowest BCUT2D eigenvalue weighted by atomic mass is 10.2. The average Bonchev–Trinajstić information content (AvgIpc) is 3.19. The van der Waals surface area contributed by atoms with Crippen molar-refractivity contribution in [1.29, 1.82) is 0 Å². The van der Waals surface area contributed by atoms with E-state index in [1.807, 2.05) is 29.7 Å². The van der Waals surface area contributed by atoms with Crippen molar-refractivity contribution < 1.29 is 9.26 Å². The summed E-state index contributed by atoms with van der Waals surface area (Å²) in [5, 5.41) is 8.04. The highest BCUT2D eigenvalue weighted by atomic mass is 35.5. The largest absolute Gasteiger partial charge is 0.378 e. The highest BCUT2D eigenvalue weighted by molar-refractivity contribution is 6.30. The molecular weight excluding hydrogens is 318 g/mol. The van der Waals surface area contributed by atoms with Crippen molar-refractivity contribution in [3.05, 3.63) is 34.9 Å². The number of hydrogen-bond donors (Lipinski definition) is 1. The number of aryl methyl sites for hydroxylation is 1. The topological polar surface area (TPSA) is 77.5 Å². The Kier molecular flexibility index (Phi) is 3.76. The predicted molar refractivity (Wildman–Crippen MR) is 84.4 cm³/mol. The molecule has 0 aromatic carbocycles. The molecule has 0 saturated carbocycles. The van der Waals surface area contributed by atoms with Gasteiger partial charge in [-0.15, -0.1) is 0 Å². The number of rotatable bonds is 3. The molecule has 23 heavy (non-hydrogen) atoms. The summed E-state index contributed by atoms with van der Waals surface area (Å²) in [6.07, 6.45) is 2.57. The van der Waals surface area contributed by atoms with Crippen molar-refractivity contribution in [2.75, 3.05) is 19.8 Å². The van der Waals surface area contributed by atoms with Crippen molar-refractivity contribution in [2.24, 2.45) is 0 Å². The molecular formula is C15H16ClN5O2. The number of halogens is 1. The van der Waals surface area contributed by atoms with Crippen LogP contribution in [-0.2, 0) is 11.2 Å². The van der Waals surface area contributed by atoms with E-state index >= 15 is 0 Å². The molecule has 0 aliphatic carbocycles. The molecule has 120 valence electrons. The van der Waals surface area contributed by atoms with Gasteiger partial charge in [-0.25, -0.2) is 4.98 Å². The van der Waals surface area contributed by atoms with Crippen LogP contribution in [0.4, 0.5) is 0 Å². The molecule has 1 aliphatic heterocycles. The standard InChI is InChI=1S/C15H16ClN5O2/c1-2-10-13(21-7-9(16)3-4-12(21)18-10)15-19-14(20-23-15)11-8-22-6-5-17-11/h3-4,7,11,17H,2,5-6,8H2,1H3. The van der Waals surface area contributed by atoms with E-state index in [1.165, 1.54) is 0 Å². The number of aromatic nitrogens is 4. The smallest absolute Gasteiger partial charge is 0.276 e. The lowest BCUT2D eigenvalue weighted by Crippen LogP contribution is -2.35. The number of ether oxygens (including phenoxy) is 1. The molecule has 4 rings (SSSR count). The molecule has 1 fully saturated rings. The van der Waals surface area contributed by atoms with Crippen LogP contribution in [0, 0.1) is 0 Å². The molecule has 7 nitrogen and oxygen atoms in total. The zero-order chi connectivity index (χ0) is 15.8. The Morgan fingerprint density at radius 3 is 3.09 bits per heavy atom. The highest BCUT2D eigenvalue weighted by Gasteiger charge is 2.24. The maximum Gasteiger partial charge on any atom is 0.276 e. The van der Waals surface area contributed by atoms with E-state index in [1.54, 1.807) is 0 Å². The van der Waals surface area contributed by atoms with Crippen LogP contribution >= 0.6 is 11.6 Å². The Balaban J connectivity index is 1.79. The van der Waals surface area contributed by atoms with Gasteiger partial charge in [-0.3, -0.25) is 4.40 Å². The predicted octanol–water partition coefficient (Wildman–Crippen LogP) is 2.26. The Labute approximate surface area is 137 Å². The molecule has 1 atom stereocenters. The zero-order valence-electron chi connectivity index (χ0n) is 12.6. The van der Waals surface area contributed by atoms with E-state index in [4.69, 9.17) is 20.9 Å². The van der Waals surface area contributed by atoms with E-state index in [0.29, 0.717) is 30.0 Å². The molecule has 1 unspecified atom stereocenters. The summed E-state index contributed by atoms with van der Waals surface area (Å²) in [5.74, 6) is 1.04. The Hall–Kier alpha value is -1.96. The minimum Gasteiger partial charge on any atom is -0.378 e. The molecule has 4 heterocycles. The molecule has 0 bridgehead atoms. The summed E-state index contributed by atoms with van der Waals surface area (Å²) < 4.78 is 12.8. The molecule has 3 aromatic heterocycles. The van der Waals surface area contributed by atoms with Gasteiger partial charge in [-0.1, -0.05) is 23.7 Å². The first-order chi connectivity index (χ1) is 11.3. The van der Waals surface area contributed by atoms with Gasteiger partial charge in [0.05, 0.1) is 30.0 Å². The second-order valence-electron chi connectivity index (χ2n) is 5.38. The van der Waals surface area contributed by atoms with Crippen LogP contribution in [0.2, 0.25) is 5.02 Å². The second-order valence-corrected chi connectivity index (χ2v) is 5.81. The van der Waals surface area contributed by atoms with Crippen LogP contribution in [0.15, 0.2) is 22.9 Å². The fraction of sp³-hybridized carbons (Fsp3) is 0.400. The highest BCUT2D eigenvalue weighted by Crippen LogP contribution is 2.27. The van der Waals surface area contributed by atoms with Crippen molar-refractivity contribution in [3.63, 3.8) is 0 Å². The van der Waals surface area contributed by atoms with Gasteiger partial charge < -0.3 is 14.6 Å². The lowest BCUT2D eigenvalue weighted by Gasteiger charge is -2.20. The van der Waals surface area contributed by atoms with Crippen molar-refractivity contribution in [2.45, 2.75) is 19.4 Å². The van der Waals surface area contributed by atoms with Gasteiger partial charge in [0, 0.05) is 12.7 Å². The van der Waals surface area contributed by atoms with Gasteiger partial charge >= 0.3 is 0 Å². The number of pyridine rings is 1. The van der Waals surface area contributed by atoms with Gasteiger partial charge in [0.2, 0.25) is 0 Å². The Bertz CT molecular complexity index is 838. The van der Waals surface area contributed by atoms with Gasteiger partial charge in [0.15, 0.2) is 5.82 Å². The van der Waals surface area contributed by atoms with Crippen molar-refractivity contribution in [3.8, 4) is 11.6 Å². The second kappa shape index (κ2) is 5.92. The van der Waals surface area contributed by atoms with E-state index in [2.05, 4.69) is 20.4 Å². The number of nitrogens with zero attached hydrogens (tertiary/aromatic N) is 4. The van der Waals surface area contributed by atoms with Crippen LogP contribution < -0.4 is 5.32 Å². The average molecular weight is 334 g/mol. The van der Waals surface area contributed by atoms with Gasteiger partial charge in [-0.05, 0) is 18.6 Å². The summed E-state index contributed by atoms with van der Waals surface area (Å²) in [4.78, 5) is 9.15. The Morgan fingerprint density at radius 1 is 1.39 bits per heavy atom. The monoisotopic (exact) mass is 333 g/mol. The van der Waals surface area contributed by atoms with E-state index < -0.39 is 0 Å². The molecule has 1 saturated heterocycles. The Morgan fingerprint density at radius 2 is 2.30 bits per heavy atom. The summed E-state index contributed by atoms with van der Waals surface area (Å²) >= 11 is 6.12. The van der Waals surface area contributed by atoms with E-state index in [0.717, 1.165) is 30.0 Å². The van der Waals surface area contributed by atoms with Gasteiger partial charge in [0.25, 0.3) is 5.89 Å². The SMILES string of the molecule is CCc1nc2ccc(Cl)cn2c1-c1nc(C2COCCN2)no1. The quantitative estimate of drug-likeness (QED) is 0.792. The van der Waals surface area contributed by atoms with Gasteiger partial charge in [0.1, 0.15) is 11.3 Å². The zero-order valence-corrected chi connectivity index (χ0v) is 13.4. The number of fused-ring (bicyclic) bond motifs is 1. The normalized spacial score (nSPS) is 18.6. The van der Waals surface area contributed by atoms with Crippen LogP contribution in [0.25, 0.3) is 17.2 Å². The lowest BCUT2D eigenvalue weighted by molar-refractivity contribution is 0.0734. The third kappa shape index (κ3) is 2.60. The van der Waals surface area contributed by atoms with Crippen molar-refractivity contribution in [1.82, 2.24) is 24.8 Å². The van der Waals surface area contributed by atoms with Crippen LogP contribution in [0.5, 0.6) is 0 Å². The third-order valence-corrected chi connectivity index (χ3v) is 4.09. The van der Waals surface area contributed by atoms with E-state index in [-0.39, 0.29) is 6.04 Å². The van der Waals surface area contributed by atoms with E-state index in [9.17, 15) is 0 Å². The fourth-order valence-corrected chi connectivity index (χ4v) is 2.90. The molecule has 1 aliphatic rings. The molecule has 8 heteroatoms. The third-order valence-electron chi connectivity index (χ3n) is 3.87. The fourth-order valence-electron chi connectivity index (χ4n) is 2.74. The number of nitrogens with one attached hydrogen (secondary N) is 1.